The highest BCUT2D eigenvalue weighted by molar-refractivity contribution is 7.99. The van der Waals surface area contributed by atoms with E-state index in [-0.39, 0.29) is 18.4 Å². The summed E-state index contributed by atoms with van der Waals surface area (Å²) in [6, 6.07) is 7.35. The summed E-state index contributed by atoms with van der Waals surface area (Å²) < 4.78 is 0. The van der Waals surface area contributed by atoms with E-state index in [1.54, 1.807) is 29.1 Å². The van der Waals surface area contributed by atoms with Gasteiger partial charge >= 0.3 is 5.97 Å². The van der Waals surface area contributed by atoms with Crippen molar-refractivity contribution in [2.45, 2.75) is 12.5 Å². The van der Waals surface area contributed by atoms with Crippen molar-refractivity contribution in [2.75, 3.05) is 18.1 Å². The van der Waals surface area contributed by atoms with Gasteiger partial charge in [0.15, 0.2) is 0 Å². The molecule has 0 saturated carbocycles. The number of benzene rings is 1. The number of amides is 1. The molecule has 22 heavy (non-hydrogen) atoms. The molecule has 1 atom stereocenters. The number of thioether (sulfide) groups is 1. The third-order valence-electron chi connectivity index (χ3n) is 3.80. The Morgan fingerprint density at radius 3 is 2.95 bits per heavy atom. The second kappa shape index (κ2) is 6.36. The molecule has 1 aromatic carbocycles. The zero-order valence-corrected chi connectivity index (χ0v) is 12.8. The summed E-state index contributed by atoms with van der Waals surface area (Å²) in [6.07, 6.45) is 3.29. The number of hydrogen-bond acceptors (Lipinski definition) is 4. The second-order valence-electron chi connectivity index (χ2n) is 5.23. The van der Waals surface area contributed by atoms with Gasteiger partial charge in [-0.25, -0.2) is 0 Å². The Balaban J connectivity index is 1.95. The fourth-order valence-electron chi connectivity index (χ4n) is 2.73. The van der Waals surface area contributed by atoms with E-state index in [0.29, 0.717) is 17.9 Å². The highest BCUT2D eigenvalue weighted by atomic mass is 32.2. The lowest BCUT2D eigenvalue weighted by Gasteiger charge is -2.34. The van der Waals surface area contributed by atoms with Crippen molar-refractivity contribution in [2.24, 2.45) is 0 Å². The largest absolute Gasteiger partial charge is 0.481 e. The number of carboxylic acid groups (broad SMARTS) is 1. The zero-order valence-electron chi connectivity index (χ0n) is 11.9. The van der Waals surface area contributed by atoms with Crippen LogP contribution in [0.4, 0.5) is 0 Å². The Bertz CT molecular complexity index is 714. The van der Waals surface area contributed by atoms with E-state index in [4.69, 9.17) is 5.11 Å². The van der Waals surface area contributed by atoms with E-state index in [0.717, 1.165) is 16.5 Å². The fraction of sp³-hybridized carbons (Fsp3) is 0.312. The lowest BCUT2D eigenvalue weighted by atomic mass is 10.1. The fourth-order valence-corrected chi connectivity index (χ4v) is 3.80. The number of carbonyl (C=O) groups excluding carboxylic acids is 1. The van der Waals surface area contributed by atoms with Crippen LogP contribution in [-0.4, -0.2) is 51.0 Å². The summed E-state index contributed by atoms with van der Waals surface area (Å²) in [4.78, 5) is 29.7. The molecule has 114 valence electrons. The maximum atomic E-state index is 12.9. The van der Waals surface area contributed by atoms with Crippen LogP contribution in [0.25, 0.3) is 10.8 Å². The van der Waals surface area contributed by atoms with Gasteiger partial charge in [0, 0.05) is 35.8 Å². The number of carboxylic acids is 1. The molecule has 1 aromatic heterocycles. The standard InChI is InChI=1S/C16H16N2O3S/c19-15(20)7-12-10-22-6-5-18(12)16(21)14-9-17-8-11-3-1-2-4-13(11)14/h1-4,8-9,12H,5-7,10H2,(H,19,20). The molecular formula is C16H16N2O3S. The van der Waals surface area contributed by atoms with Crippen molar-refractivity contribution in [1.29, 1.82) is 0 Å². The van der Waals surface area contributed by atoms with Crippen LogP contribution in [0.15, 0.2) is 36.7 Å². The third kappa shape index (κ3) is 2.92. The number of carbonyl (C=O) groups is 2. The van der Waals surface area contributed by atoms with E-state index < -0.39 is 5.97 Å². The number of hydrogen-bond donors (Lipinski definition) is 1. The summed E-state index contributed by atoms with van der Waals surface area (Å²) >= 11 is 1.69. The van der Waals surface area contributed by atoms with E-state index in [1.807, 2.05) is 24.3 Å². The Labute approximate surface area is 132 Å². The summed E-state index contributed by atoms with van der Waals surface area (Å²) in [5.41, 5.74) is 0.542. The minimum absolute atomic E-state index is 0.0169. The van der Waals surface area contributed by atoms with Crippen molar-refractivity contribution < 1.29 is 14.7 Å². The molecule has 3 rings (SSSR count). The van der Waals surface area contributed by atoms with E-state index in [1.165, 1.54) is 0 Å². The number of nitrogens with zero attached hydrogens (tertiary/aromatic N) is 2. The van der Waals surface area contributed by atoms with E-state index in [2.05, 4.69) is 4.98 Å². The molecule has 6 heteroatoms. The van der Waals surface area contributed by atoms with Gasteiger partial charge in [0.05, 0.1) is 18.0 Å². The predicted molar refractivity (Wildman–Crippen MR) is 86.1 cm³/mol. The number of aliphatic carboxylic acids is 1. The van der Waals surface area contributed by atoms with Crippen molar-refractivity contribution in [1.82, 2.24) is 9.88 Å². The molecule has 1 N–H and O–H groups in total. The van der Waals surface area contributed by atoms with Crippen LogP contribution in [0.3, 0.4) is 0 Å². The van der Waals surface area contributed by atoms with Gasteiger partial charge in [0.25, 0.3) is 5.91 Å². The lowest BCUT2D eigenvalue weighted by molar-refractivity contribution is -0.138. The average Bonchev–Trinajstić information content (AvgIpc) is 2.54. The van der Waals surface area contributed by atoms with Crippen LogP contribution in [0.5, 0.6) is 0 Å². The molecule has 1 fully saturated rings. The smallest absolute Gasteiger partial charge is 0.305 e. The number of rotatable bonds is 3. The maximum Gasteiger partial charge on any atom is 0.305 e. The molecule has 1 unspecified atom stereocenters. The monoisotopic (exact) mass is 316 g/mol. The summed E-state index contributed by atoms with van der Waals surface area (Å²) in [5.74, 6) is 0.494. The Morgan fingerprint density at radius 1 is 1.32 bits per heavy atom. The molecule has 1 amide bonds. The molecule has 2 heterocycles. The molecule has 1 aliphatic rings. The highest BCUT2D eigenvalue weighted by Gasteiger charge is 2.30. The number of pyridine rings is 1. The minimum Gasteiger partial charge on any atom is -0.481 e. The topological polar surface area (TPSA) is 70.5 Å². The molecule has 5 nitrogen and oxygen atoms in total. The van der Waals surface area contributed by atoms with Crippen LogP contribution in [0.2, 0.25) is 0 Å². The van der Waals surface area contributed by atoms with Crippen molar-refractivity contribution in [3.05, 3.63) is 42.2 Å². The van der Waals surface area contributed by atoms with Gasteiger partial charge < -0.3 is 10.0 Å². The first-order valence-corrected chi connectivity index (χ1v) is 8.25. The van der Waals surface area contributed by atoms with Gasteiger partial charge in [-0.05, 0) is 5.39 Å². The first-order chi connectivity index (χ1) is 10.7. The normalized spacial score (nSPS) is 18.4. The molecule has 0 spiro atoms. The Morgan fingerprint density at radius 2 is 2.14 bits per heavy atom. The molecule has 0 aliphatic carbocycles. The molecule has 0 radical (unpaired) electrons. The highest BCUT2D eigenvalue weighted by Crippen LogP contribution is 2.24. The van der Waals surface area contributed by atoms with E-state index in [9.17, 15) is 9.59 Å². The molecule has 2 aromatic rings. The third-order valence-corrected chi connectivity index (χ3v) is 4.89. The molecular weight excluding hydrogens is 300 g/mol. The summed E-state index contributed by atoms with van der Waals surface area (Å²) in [7, 11) is 0. The minimum atomic E-state index is -0.874. The summed E-state index contributed by atoms with van der Waals surface area (Å²) in [6.45, 7) is 0.574. The average molecular weight is 316 g/mol. The Kier molecular flexibility index (Phi) is 4.29. The van der Waals surface area contributed by atoms with Gasteiger partial charge in [-0.2, -0.15) is 11.8 Å². The maximum absolute atomic E-state index is 12.9. The lowest BCUT2D eigenvalue weighted by Crippen LogP contribution is -2.47. The van der Waals surface area contributed by atoms with E-state index >= 15 is 0 Å². The molecule has 1 aliphatic heterocycles. The van der Waals surface area contributed by atoms with Crippen LogP contribution in [0.1, 0.15) is 16.8 Å². The van der Waals surface area contributed by atoms with Crippen molar-refractivity contribution >= 4 is 34.4 Å². The first-order valence-electron chi connectivity index (χ1n) is 7.10. The van der Waals surface area contributed by atoms with Gasteiger partial charge in [0.2, 0.25) is 0 Å². The number of fused-ring (bicyclic) bond motifs is 1. The SMILES string of the molecule is O=C(O)CC1CSCCN1C(=O)c1cncc2ccccc12. The van der Waals surface area contributed by atoms with Crippen LogP contribution >= 0.6 is 11.8 Å². The van der Waals surface area contributed by atoms with Gasteiger partial charge in [-0.15, -0.1) is 0 Å². The van der Waals surface area contributed by atoms with Gasteiger partial charge in [-0.3, -0.25) is 14.6 Å². The Hall–Kier alpha value is -2.08. The molecule has 1 saturated heterocycles. The first kappa shape index (κ1) is 14.8. The predicted octanol–water partition coefficient (Wildman–Crippen LogP) is 2.27. The van der Waals surface area contributed by atoms with Crippen molar-refractivity contribution in [3.8, 4) is 0 Å². The summed E-state index contributed by atoms with van der Waals surface area (Å²) in [5, 5.41) is 10.8. The van der Waals surface area contributed by atoms with Crippen molar-refractivity contribution in [3.63, 3.8) is 0 Å². The quantitative estimate of drug-likeness (QED) is 0.940. The van der Waals surface area contributed by atoms with Gasteiger partial charge in [0.1, 0.15) is 0 Å². The zero-order chi connectivity index (χ0) is 15.5. The van der Waals surface area contributed by atoms with Crippen LogP contribution in [0, 0.1) is 0 Å². The van der Waals surface area contributed by atoms with Gasteiger partial charge in [-0.1, -0.05) is 24.3 Å². The van der Waals surface area contributed by atoms with Crippen LogP contribution < -0.4 is 0 Å². The second-order valence-corrected chi connectivity index (χ2v) is 6.38. The number of aromatic nitrogens is 1. The van der Waals surface area contributed by atoms with Crippen LogP contribution in [-0.2, 0) is 4.79 Å². The molecule has 0 bridgehead atoms.